The summed E-state index contributed by atoms with van der Waals surface area (Å²) < 4.78 is 6.42. The monoisotopic (exact) mass is 351 g/mol. The van der Waals surface area contributed by atoms with Crippen molar-refractivity contribution in [1.82, 2.24) is 15.5 Å². The summed E-state index contributed by atoms with van der Waals surface area (Å²) in [5.74, 6) is 0.552. The number of para-hydroxylation sites is 1. The fraction of sp³-hybridized carbons (Fsp3) is 0.333. The number of carbonyl (C=O) groups excluding carboxylic acids is 1. The molecule has 0 aliphatic carbocycles. The van der Waals surface area contributed by atoms with Gasteiger partial charge in [-0.3, -0.25) is 9.89 Å². The van der Waals surface area contributed by atoms with Gasteiger partial charge in [-0.15, -0.1) is 0 Å². The van der Waals surface area contributed by atoms with E-state index >= 15 is 0 Å². The average molecular weight is 352 g/mol. The Bertz CT molecular complexity index is 638. The number of aromatic nitrogens is 2. The molecule has 0 aliphatic heterocycles. The van der Waals surface area contributed by atoms with Crippen LogP contribution in [-0.2, 0) is 6.54 Å². The highest BCUT2D eigenvalue weighted by atomic mass is 79.9. The second kappa shape index (κ2) is 6.76. The maximum Gasteiger partial charge on any atom is 0.273 e. The molecule has 0 aliphatic rings. The molecule has 0 bridgehead atoms. The number of ether oxygens (including phenoxy) is 1. The van der Waals surface area contributed by atoms with Crippen molar-refractivity contribution >= 4 is 21.8 Å². The summed E-state index contributed by atoms with van der Waals surface area (Å²) >= 11 is 3.34. The molecule has 0 unspecified atom stereocenters. The van der Waals surface area contributed by atoms with Crippen LogP contribution < -0.4 is 10.1 Å². The number of nitrogens with zero attached hydrogens (tertiary/aromatic N) is 1. The van der Waals surface area contributed by atoms with E-state index in [4.69, 9.17) is 4.74 Å². The van der Waals surface area contributed by atoms with Crippen molar-refractivity contribution in [1.29, 1.82) is 0 Å². The average Bonchev–Trinajstić information content (AvgIpc) is 2.77. The number of carbonyl (C=O) groups is 1. The molecule has 6 heteroatoms. The van der Waals surface area contributed by atoms with Crippen molar-refractivity contribution in [2.75, 3.05) is 0 Å². The SMILES string of the molecule is Cc1[nH]nc(C(=O)NCc2ccccc2OC(C)C)c1Br. The highest BCUT2D eigenvalue weighted by Gasteiger charge is 2.16. The molecule has 0 radical (unpaired) electrons. The molecule has 1 amide bonds. The van der Waals surface area contributed by atoms with Gasteiger partial charge in [-0.1, -0.05) is 18.2 Å². The van der Waals surface area contributed by atoms with Gasteiger partial charge in [0.1, 0.15) is 5.75 Å². The van der Waals surface area contributed by atoms with E-state index in [9.17, 15) is 4.79 Å². The molecule has 1 aromatic heterocycles. The van der Waals surface area contributed by atoms with Crippen molar-refractivity contribution in [3.8, 4) is 5.75 Å². The lowest BCUT2D eigenvalue weighted by Crippen LogP contribution is -2.24. The molecule has 112 valence electrons. The number of nitrogens with one attached hydrogen (secondary N) is 2. The quantitative estimate of drug-likeness (QED) is 0.869. The van der Waals surface area contributed by atoms with E-state index < -0.39 is 0 Å². The van der Waals surface area contributed by atoms with E-state index in [0.717, 1.165) is 17.0 Å². The summed E-state index contributed by atoms with van der Waals surface area (Å²) in [5, 5.41) is 9.61. The zero-order chi connectivity index (χ0) is 15.4. The Hall–Kier alpha value is -1.82. The maximum absolute atomic E-state index is 12.1. The number of halogens is 1. The van der Waals surface area contributed by atoms with Gasteiger partial charge in [0.15, 0.2) is 5.69 Å². The lowest BCUT2D eigenvalue weighted by Gasteiger charge is -2.14. The molecule has 2 N–H and O–H groups in total. The summed E-state index contributed by atoms with van der Waals surface area (Å²) in [6.45, 7) is 6.18. The van der Waals surface area contributed by atoms with Gasteiger partial charge in [-0.2, -0.15) is 5.10 Å². The van der Waals surface area contributed by atoms with Gasteiger partial charge in [-0.25, -0.2) is 0 Å². The van der Waals surface area contributed by atoms with Crippen molar-refractivity contribution < 1.29 is 9.53 Å². The van der Waals surface area contributed by atoms with Crippen LogP contribution in [0.1, 0.15) is 35.6 Å². The number of rotatable bonds is 5. The van der Waals surface area contributed by atoms with Crippen LogP contribution in [0.25, 0.3) is 0 Å². The highest BCUT2D eigenvalue weighted by Crippen LogP contribution is 2.20. The van der Waals surface area contributed by atoms with Gasteiger partial charge >= 0.3 is 0 Å². The first-order valence-corrected chi connectivity index (χ1v) is 7.51. The molecule has 0 atom stereocenters. The molecule has 2 rings (SSSR count). The Morgan fingerprint density at radius 2 is 2.14 bits per heavy atom. The Kier molecular flexibility index (Phi) is 5.01. The Morgan fingerprint density at radius 1 is 1.43 bits per heavy atom. The Labute approximate surface area is 132 Å². The largest absolute Gasteiger partial charge is 0.491 e. The third-order valence-corrected chi connectivity index (χ3v) is 3.83. The number of H-pyrrole nitrogens is 1. The Morgan fingerprint density at radius 3 is 2.76 bits per heavy atom. The molecule has 5 nitrogen and oxygen atoms in total. The molecular formula is C15H18BrN3O2. The molecule has 0 spiro atoms. The van der Waals surface area contributed by atoms with Gasteiger partial charge < -0.3 is 10.1 Å². The third kappa shape index (κ3) is 3.85. The zero-order valence-electron chi connectivity index (χ0n) is 12.2. The molecule has 0 saturated heterocycles. The second-order valence-electron chi connectivity index (χ2n) is 4.97. The van der Waals surface area contributed by atoms with E-state index in [1.807, 2.05) is 45.0 Å². The first-order valence-electron chi connectivity index (χ1n) is 6.72. The smallest absolute Gasteiger partial charge is 0.273 e. The van der Waals surface area contributed by atoms with Crippen molar-refractivity contribution in [2.24, 2.45) is 0 Å². The van der Waals surface area contributed by atoms with Crippen LogP contribution in [0.4, 0.5) is 0 Å². The highest BCUT2D eigenvalue weighted by molar-refractivity contribution is 9.10. The van der Waals surface area contributed by atoms with Crippen LogP contribution in [0.5, 0.6) is 5.75 Å². The normalized spacial score (nSPS) is 10.7. The van der Waals surface area contributed by atoms with E-state index in [0.29, 0.717) is 16.7 Å². The Balaban J connectivity index is 2.06. The third-order valence-electron chi connectivity index (χ3n) is 2.86. The molecule has 0 fully saturated rings. The van der Waals surface area contributed by atoms with E-state index in [1.54, 1.807) is 0 Å². The number of aryl methyl sites for hydroxylation is 1. The number of benzene rings is 1. The fourth-order valence-corrected chi connectivity index (χ4v) is 2.20. The lowest BCUT2D eigenvalue weighted by atomic mass is 10.2. The predicted molar refractivity (Wildman–Crippen MR) is 84.4 cm³/mol. The number of hydrogen-bond donors (Lipinski definition) is 2. The molecule has 1 heterocycles. The summed E-state index contributed by atoms with van der Waals surface area (Å²) in [4.78, 5) is 12.1. The van der Waals surface area contributed by atoms with Crippen LogP contribution in [0.15, 0.2) is 28.7 Å². The topological polar surface area (TPSA) is 67.0 Å². The standard InChI is InChI=1S/C15H18BrN3O2/c1-9(2)21-12-7-5-4-6-11(12)8-17-15(20)14-13(16)10(3)18-19-14/h4-7,9H,8H2,1-3H3,(H,17,20)(H,18,19). The van der Waals surface area contributed by atoms with Crippen molar-refractivity contribution in [3.05, 3.63) is 45.7 Å². The first-order chi connectivity index (χ1) is 9.99. The number of hydrogen-bond acceptors (Lipinski definition) is 3. The van der Waals surface area contributed by atoms with Crippen LogP contribution in [0.2, 0.25) is 0 Å². The van der Waals surface area contributed by atoms with Gasteiger partial charge in [0.05, 0.1) is 10.6 Å². The zero-order valence-corrected chi connectivity index (χ0v) is 13.8. The minimum Gasteiger partial charge on any atom is -0.491 e. The molecular weight excluding hydrogens is 334 g/mol. The van der Waals surface area contributed by atoms with Crippen LogP contribution >= 0.6 is 15.9 Å². The van der Waals surface area contributed by atoms with Crippen LogP contribution in [0.3, 0.4) is 0 Å². The van der Waals surface area contributed by atoms with Gasteiger partial charge in [0.2, 0.25) is 0 Å². The van der Waals surface area contributed by atoms with Gasteiger partial charge in [0, 0.05) is 17.8 Å². The molecule has 2 aromatic rings. The van der Waals surface area contributed by atoms with Gasteiger partial charge in [0.25, 0.3) is 5.91 Å². The lowest BCUT2D eigenvalue weighted by molar-refractivity contribution is 0.0944. The van der Waals surface area contributed by atoms with Crippen LogP contribution in [0, 0.1) is 6.92 Å². The molecule has 21 heavy (non-hydrogen) atoms. The maximum atomic E-state index is 12.1. The number of aromatic amines is 1. The number of amides is 1. The first kappa shape index (κ1) is 15.6. The molecule has 0 saturated carbocycles. The summed E-state index contributed by atoms with van der Waals surface area (Å²) in [5.41, 5.74) is 2.11. The fourth-order valence-electron chi connectivity index (χ4n) is 1.84. The second-order valence-corrected chi connectivity index (χ2v) is 5.76. The minimum atomic E-state index is -0.231. The van der Waals surface area contributed by atoms with Crippen molar-refractivity contribution in [3.63, 3.8) is 0 Å². The molecule has 1 aromatic carbocycles. The van der Waals surface area contributed by atoms with E-state index in [1.165, 1.54) is 0 Å². The van der Waals surface area contributed by atoms with Crippen molar-refractivity contribution in [2.45, 2.75) is 33.4 Å². The van der Waals surface area contributed by atoms with Gasteiger partial charge in [-0.05, 0) is 42.8 Å². The van der Waals surface area contributed by atoms with E-state index in [2.05, 4.69) is 31.4 Å². The predicted octanol–water partition coefficient (Wildman–Crippen LogP) is 3.20. The van der Waals surface area contributed by atoms with E-state index in [-0.39, 0.29) is 12.0 Å². The summed E-state index contributed by atoms with van der Waals surface area (Å²) in [6.07, 6.45) is 0.0879. The van der Waals surface area contributed by atoms with Crippen LogP contribution in [-0.4, -0.2) is 22.2 Å². The summed E-state index contributed by atoms with van der Waals surface area (Å²) in [6, 6.07) is 7.67. The minimum absolute atomic E-state index is 0.0879. The summed E-state index contributed by atoms with van der Waals surface area (Å²) in [7, 11) is 0.